The summed E-state index contributed by atoms with van der Waals surface area (Å²) >= 11 is 0. The van der Waals surface area contributed by atoms with E-state index in [-0.39, 0.29) is 0 Å². The molecule has 0 fully saturated rings. The smallest absolute Gasteiger partial charge is 0.312 e. The second-order valence-electron chi connectivity index (χ2n) is 2.44. The fourth-order valence-corrected chi connectivity index (χ4v) is 0.684. The molecule has 60 valence electrons. The van der Waals surface area contributed by atoms with Gasteiger partial charge in [0.15, 0.2) is 0 Å². The lowest BCUT2D eigenvalue weighted by Gasteiger charge is -2.13. The molecule has 0 saturated heterocycles. The van der Waals surface area contributed by atoms with Crippen LogP contribution in [0.2, 0.25) is 0 Å². The van der Waals surface area contributed by atoms with E-state index in [1.165, 1.54) is 13.8 Å². The minimum Gasteiger partial charge on any atom is -0.481 e. The Morgan fingerprint density at radius 3 is 1.80 bits per heavy atom. The number of hydrogen-bond acceptors (Lipinski definition) is 1. The number of alkyl halides is 2. The summed E-state index contributed by atoms with van der Waals surface area (Å²) in [5.74, 6) is -3.47. The zero-order valence-corrected chi connectivity index (χ0v) is 5.84. The van der Waals surface area contributed by atoms with Crippen LogP contribution in [-0.2, 0) is 4.79 Å². The van der Waals surface area contributed by atoms with Crippen molar-refractivity contribution in [3.8, 4) is 0 Å². The summed E-state index contributed by atoms with van der Waals surface area (Å²) in [4.78, 5) is 10.1. The predicted molar refractivity (Wildman–Crippen MR) is 32.0 cm³/mol. The van der Waals surface area contributed by atoms with E-state index >= 15 is 0 Å². The Bertz CT molecular complexity index is 115. The lowest BCUT2D eigenvalue weighted by Crippen LogP contribution is -2.26. The third-order valence-electron chi connectivity index (χ3n) is 1.27. The highest BCUT2D eigenvalue weighted by molar-refractivity contribution is 5.70. The highest BCUT2D eigenvalue weighted by atomic mass is 19.3. The maximum Gasteiger partial charge on any atom is 0.312 e. The van der Waals surface area contributed by atoms with Gasteiger partial charge in [0, 0.05) is 0 Å². The molecule has 0 aliphatic rings. The fourth-order valence-electron chi connectivity index (χ4n) is 0.684. The molecule has 1 unspecified atom stereocenters. The van der Waals surface area contributed by atoms with Gasteiger partial charge < -0.3 is 5.11 Å². The van der Waals surface area contributed by atoms with Gasteiger partial charge >= 0.3 is 5.97 Å². The van der Waals surface area contributed by atoms with Gasteiger partial charge in [0.2, 0.25) is 0 Å². The quantitative estimate of drug-likeness (QED) is 0.667. The summed E-state index contributed by atoms with van der Waals surface area (Å²) in [6, 6.07) is 0. The van der Waals surface area contributed by atoms with E-state index in [2.05, 4.69) is 0 Å². The number of hydrogen-bond donors (Lipinski definition) is 1. The maximum atomic E-state index is 11.8. The molecule has 1 atom stereocenters. The molecule has 0 aliphatic carbocycles. The number of rotatable bonds is 3. The number of aliphatic carboxylic acids is 1. The van der Waals surface area contributed by atoms with Crippen molar-refractivity contribution in [3.05, 3.63) is 0 Å². The van der Waals surface area contributed by atoms with Crippen molar-refractivity contribution in [1.29, 1.82) is 0 Å². The minimum absolute atomic E-state index is 0.516. The monoisotopic (exact) mass is 152 g/mol. The van der Waals surface area contributed by atoms with E-state index in [4.69, 9.17) is 5.11 Å². The Hall–Kier alpha value is -0.670. The number of carboxylic acids is 1. The fraction of sp³-hybridized carbons (Fsp3) is 0.833. The number of halogens is 2. The molecule has 0 bridgehead atoms. The standard InChI is InChI=1S/C6H10F2O2/c1-3(2)4(5(7)8)6(9)10/h3-5H,1-2H3,(H,9,10). The summed E-state index contributed by atoms with van der Waals surface area (Å²) in [5, 5.41) is 8.23. The first-order valence-electron chi connectivity index (χ1n) is 2.97. The van der Waals surface area contributed by atoms with E-state index in [0.29, 0.717) is 0 Å². The first-order valence-corrected chi connectivity index (χ1v) is 2.97. The molecule has 0 aliphatic heterocycles. The molecule has 0 aromatic rings. The highest BCUT2D eigenvalue weighted by Crippen LogP contribution is 2.18. The van der Waals surface area contributed by atoms with Gasteiger partial charge in [0.1, 0.15) is 5.92 Å². The van der Waals surface area contributed by atoms with Crippen LogP contribution in [0.25, 0.3) is 0 Å². The van der Waals surface area contributed by atoms with Gasteiger partial charge in [0.05, 0.1) is 0 Å². The predicted octanol–water partition coefficient (Wildman–Crippen LogP) is 1.61. The third-order valence-corrected chi connectivity index (χ3v) is 1.27. The molecule has 2 nitrogen and oxygen atoms in total. The van der Waals surface area contributed by atoms with Crippen molar-refractivity contribution in [2.45, 2.75) is 20.3 Å². The summed E-state index contributed by atoms with van der Waals surface area (Å²) in [5.41, 5.74) is 0. The molecule has 10 heavy (non-hydrogen) atoms. The lowest BCUT2D eigenvalue weighted by atomic mass is 9.97. The Balaban J connectivity index is 4.12. The van der Waals surface area contributed by atoms with Gasteiger partial charge in [-0.2, -0.15) is 0 Å². The second-order valence-corrected chi connectivity index (χ2v) is 2.44. The van der Waals surface area contributed by atoms with Gasteiger partial charge in [-0.15, -0.1) is 0 Å². The molecule has 4 heteroatoms. The Kier molecular flexibility index (Phi) is 3.25. The Labute approximate surface area is 57.9 Å². The van der Waals surface area contributed by atoms with Crippen LogP contribution in [-0.4, -0.2) is 17.5 Å². The van der Waals surface area contributed by atoms with Crippen molar-refractivity contribution < 1.29 is 18.7 Å². The largest absolute Gasteiger partial charge is 0.481 e. The zero-order valence-electron chi connectivity index (χ0n) is 5.84. The van der Waals surface area contributed by atoms with E-state index in [1.807, 2.05) is 0 Å². The van der Waals surface area contributed by atoms with Crippen LogP contribution in [0.4, 0.5) is 8.78 Å². The molecule has 1 N–H and O–H groups in total. The first-order chi connectivity index (χ1) is 4.46. The second kappa shape index (κ2) is 3.49. The van der Waals surface area contributed by atoms with Crippen LogP contribution >= 0.6 is 0 Å². The van der Waals surface area contributed by atoms with Crippen molar-refractivity contribution in [2.75, 3.05) is 0 Å². The molecule has 0 radical (unpaired) electrons. The summed E-state index contributed by atoms with van der Waals surface area (Å²) in [6.07, 6.45) is -2.77. The van der Waals surface area contributed by atoms with Crippen molar-refractivity contribution >= 4 is 5.97 Å². The summed E-state index contributed by atoms with van der Waals surface area (Å²) < 4.78 is 23.6. The van der Waals surface area contributed by atoms with Gasteiger partial charge in [-0.1, -0.05) is 13.8 Å². The van der Waals surface area contributed by atoms with E-state index < -0.39 is 24.2 Å². The summed E-state index contributed by atoms with van der Waals surface area (Å²) in [6.45, 7) is 2.93. The molecular weight excluding hydrogens is 142 g/mol. The van der Waals surface area contributed by atoms with Crippen LogP contribution in [0, 0.1) is 11.8 Å². The van der Waals surface area contributed by atoms with Gasteiger partial charge in [-0.3, -0.25) is 4.79 Å². The van der Waals surface area contributed by atoms with Gasteiger partial charge in [-0.25, -0.2) is 8.78 Å². The minimum atomic E-state index is -2.77. The third kappa shape index (κ3) is 2.29. The molecule has 0 aromatic heterocycles. The van der Waals surface area contributed by atoms with Crippen molar-refractivity contribution in [2.24, 2.45) is 11.8 Å². The highest BCUT2D eigenvalue weighted by Gasteiger charge is 2.30. The average Bonchev–Trinajstić information content (AvgIpc) is 1.59. The normalized spacial score (nSPS) is 14.2. The van der Waals surface area contributed by atoms with Gasteiger partial charge in [0.25, 0.3) is 6.43 Å². The molecular formula is C6H10F2O2. The topological polar surface area (TPSA) is 37.3 Å². The number of carbonyl (C=O) groups is 1. The summed E-state index contributed by atoms with van der Waals surface area (Å²) in [7, 11) is 0. The molecule has 0 rings (SSSR count). The maximum absolute atomic E-state index is 11.8. The lowest BCUT2D eigenvalue weighted by molar-refractivity contribution is -0.149. The molecule has 0 amide bonds. The Morgan fingerprint density at radius 1 is 1.40 bits per heavy atom. The van der Waals surface area contributed by atoms with Crippen LogP contribution in [0.5, 0.6) is 0 Å². The number of carboxylic acid groups (broad SMARTS) is 1. The van der Waals surface area contributed by atoms with Crippen molar-refractivity contribution in [3.63, 3.8) is 0 Å². The Morgan fingerprint density at radius 2 is 1.80 bits per heavy atom. The molecule has 0 saturated carbocycles. The first kappa shape index (κ1) is 9.33. The van der Waals surface area contributed by atoms with Crippen LogP contribution < -0.4 is 0 Å². The van der Waals surface area contributed by atoms with Crippen LogP contribution in [0.3, 0.4) is 0 Å². The molecule has 0 spiro atoms. The van der Waals surface area contributed by atoms with Crippen molar-refractivity contribution in [1.82, 2.24) is 0 Å². The SMILES string of the molecule is CC(C)C(C(=O)O)C(F)F. The zero-order chi connectivity index (χ0) is 8.31. The van der Waals surface area contributed by atoms with E-state index in [9.17, 15) is 13.6 Å². The van der Waals surface area contributed by atoms with Gasteiger partial charge in [-0.05, 0) is 5.92 Å². The van der Waals surface area contributed by atoms with Crippen LogP contribution in [0.15, 0.2) is 0 Å². The molecule has 0 aromatic carbocycles. The van der Waals surface area contributed by atoms with E-state index in [0.717, 1.165) is 0 Å². The molecule has 0 heterocycles. The average molecular weight is 152 g/mol. The van der Waals surface area contributed by atoms with Crippen LogP contribution in [0.1, 0.15) is 13.8 Å². The van der Waals surface area contributed by atoms with E-state index in [1.54, 1.807) is 0 Å².